The molecule has 0 saturated carbocycles. The maximum Gasteiger partial charge on any atom is 0.181 e. The average molecular weight is 392 g/mol. The highest BCUT2D eigenvalue weighted by molar-refractivity contribution is 7.91. The molecule has 0 bridgehead atoms. The highest BCUT2D eigenvalue weighted by atomic mass is 32.2. The molecule has 2 fully saturated rings. The van der Waals surface area contributed by atoms with Crippen molar-refractivity contribution in [3.8, 4) is 5.75 Å². The van der Waals surface area contributed by atoms with Crippen LogP contribution in [-0.4, -0.2) is 44.2 Å². The van der Waals surface area contributed by atoms with Gasteiger partial charge in [0, 0.05) is 11.4 Å². The molecule has 0 N–H and O–H groups in total. The normalized spacial score (nSPS) is 24.0. The average Bonchev–Trinajstić information content (AvgIpc) is 3.05. The van der Waals surface area contributed by atoms with Crippen LogP contribution >= 0.6 is 12.2 Å². The van der Waals surface area contributed by atoms with E-state index in [0.717, 1.165) is 5.69 Å². The summed E-state index contributed by atoms with van der Waals surface area (Å²) in [5.74, 6) is 0.440. The largest absolute Gasteiger partial charge is 0.497 e. The minimum Gasteiger partial charge on any atom is -0.497 e. The van der Waals surface area contributed by atoms with Crippen LogP contribution in [0.4, 0.5) is 15.8 Å². The molecule has 2 heterocycles. The third-order valence-electron chi connectivity index (χ3n) is 4.82. The first kappa shape index (κ1) is 17.2. The number of rotatable bonds is 3. The summed E-state index contributed by atoms with van der Waals surface area (Å²) in [6, 6.07) is 12.8. The second kappa shape index (κ2) is 6.21. The summed E-state index contributed by atoms with van der Waals surface area (Å²) in [7, 11) is -1.58. The van der Waals surface area contributed by atoms with E-state index in [1.807, 2.05) is 34.1 Å². The highest BCUT2D eigenvalue weighted by Crippen LogP contribution is 2.38. The van der Waals surface area contributed by atoms with Crippen LogP contribution in [0, 0.1) is 5.82 Å². The lowest BCUT2D eigenvalue weighted by molar-refractivity contribution is 0.415. The maximum absolute atomic E-state index is 13.3. The smallest absolute Gasteiger partial charge is 0.181 e. The van der Waals surface area contributed by atoms with Crippen LogP contribution < -0.4 is 14.5 Å². The van der Waals surface area contributed by atoms with Crippen molar-refractivity contribution in [2.75, 3.05) is 28.4 Å². The van der Waals surface area contributed by atoms with Gasteiger partial charge in [0.05, 0.1) is 30.7 Å². The van der Waals surface area contributed by atoms with E-state index in [4.69, 9.17) is 17.0 Å². The summed E-state index contributed by atoms with van der Waals surface area (Å²) in [5, 5.41) is 0.520. The molecule has 2 aliphatic heterocycles. The van der Waals surface area contributed by atoms with Gasteiger partial charge in [-0.05, 0) is 60.7 Å². The van der Waals surface area contributed by atoms with Crippen molar-refractivity contribution in [3.63, 3.8) is 0 Å². The number of hydrogen-bond acceptors (Lipinski definition) is 4. The number of anilines is 2. The molecule has 0 aliphatic carbocycles. The molecule has 2 atom stereocenters. The monoisotopic (exact) mass is 392 g/mol. The van der Waals surface area contributed by atoms with Crippen LogP contribution in [0.2, 0.25) is 0 Å². The van der Waals surface area contributed by atoms with E-state index in [1.165, 1.54) is 12.1 Å². The van der Waals surface area contributed by atoms with Gasteiger partial charge in [-0.1, -0.05) is 0 Å². The standard InChI is InChI=1S/C18H17FN2O3S2/c1-24-15-8-6-14(7-9-15)21-17-11-26(22,23)10-16(17)20(18(21)25)13-4-2-12(19)3-5-13/h2-9,16-17H,10-11H2,1H3/t16-,17+/m1/s1. The Bertz CT molecular complexity index is 945. The van der Waals surface area contributed by atoms with Crippen molar-refractivity contribution < 1.29 is 17.5 Å². The number of nitrogens with zero attached hydrogens (tertiary/aromatic N) is 2. The third kappa shape index (κ3) is 2.83. The van der Waals surface area contributed by atoms with Crippen molar-refractivity contribution in [2.24, 2.45) is 0 Å². The van der Waals surface area contributed by atoms with Gasteiger partial charge in [0.2, 0.25) is 0 Å². The summed E-state index contributed by atoms with van der Waals surface area (Å²) in [6.45, 7) is 0. The fraction of sp³-hybridized carbons (Fsp3) is 0.278. The van der Waals surface area contributed by atoms with Crippen LogP contribution in [0.25, 0.3) is 0 Å². The van der Waals surface area contributed by atoms with Gasteiger partial charge in [0.15, 0.2) is 14.9 Å². The van der Waals surface area contributed by atoms with Crippen LogP contribution in [0.5, 0.6) is 5.75 Å². The second-order valence-corrected chi connectivity index (χ2v) is 8.93. The Kier molecular flexibility index (Phi) is 4.11. The molecule has 0 spiro atoms. The van der Waals surface area contributed by atoms with Crippen LogP contribution in [-0.2, 0) is 9.84 Å². The lowest BCUT2D eigenvalue weighted by Gasteiger charge is -2.25. The Morgan fingerprint density at radius 3 is 1.88 bits per heavy atom. The Hall–Kier alpha value is -2.19. The topological polar surface area (TPSA) is 49.9 Å². The molecule has 8 heteroatoms. The van der Waals surface area contributed by atoms with E-state index >= 15 is 0 Å². The van der Waals surface area contributed by atoms with Crippen molar-refractivity contribution in [2.45, 2.75) is 12.1 Å². The molecule has 2 aromatic rings. The molecule has 2 aromatic carbocycles. The van der Waals surface area contributed by atoms with Gasteiger partial charge in [0.1, 0.15) is 11.6 Å². The summed E-state index contributed by atoms with van der Waals surface area (Å²) < 4.78 is 43.1. The molecule has 0 aromatic heterocycles. The Labute approximate surface area is 156 Å². The summed E-state index contributed by atoms with van der Waals surface area (Å²) in [5.41, 5.74) is 1.51. The van der Waals surface area contributed by atoms with E-state index in [-0.39, 0.29) is 29.4 Å². The number of fused-ring (bicyclic) bond motifs is 1. The number of halogens is 1. The second-order valence-electron chi connectivity index (χ2n) is 6.41. The Morgan fingerprint density at radius 1 is 0.962 bits per heavy atom. The Morgan fingerprint density at radius 2 is 1.42 bits per heavy atom. The van der Waals surface area contributed by atoms with E-state index in [9.17, 15) is 12.8 Å². The van der Waals surface area contributed by atoms with Gasteiger partial charge in [-0.2, -0.15) is 0 Å². The molecule has 0 radical (unpaired) electrons. The first-order valence-corrected chi connectivity index (χ1v) is 10.3. The van der Waals surface area contributed by atoms with Crippen molar-refractivity contribution in [3.05, 3.63) is 54.3 Å². The zero-order valence-electron chi connectivity index (χ0n) is 14.0. The fourth-order valence-electron chi connectivity index (χ4n) is 3.65. The van der Waals surface area contributed by atoms with E-state index in [1.54, 1.807) is 19.2 Å². The first-order chi connectivity index (χ1) is 12.4. The minimum atomic E-state index is -3.17. The number of thiocarbonyl (C=S) groups is 1. The van der Waals surface area contributed by atoms with Gasteiger partial charge >= 0.3 is 0 Å². The predicted octanol–water partition coefficient (Wildman–Crippen LogP) is 2.61. The van der Waals surface area contributed by atoms with E-state index in [2.05, 4.69) is 0 Å². The summed E-state index contributed by atoms with van der Waals surface area (Å²) in [6.07, 6.45) is 0. The molecule has 26 heavy (non-hydrogen) atoms. The van der Waals surface area contributed by atoms with Crippen LogP contribution in [0.3, 0.4) is 0 Å². The zero-order chi connectivity index (χ0) is 18.5. The highest BCUT2D eigenvalue weighted by Gasteiger charge is 2.52. The van der Waals surface area contributed by atoms with Gasteiger partial charge < -0.3 is 14.5 Å². The summed E-state index contributed by atoms with van der Waals surface area (Å²) in [4.78, 5) is 3.71. The molecule has 4 rings (SSSR count). The lowest BCUT2D eigenvalue weighted by atomic mass is 10.1. The van der Waals surface area contributed by atoms with Crippen LogP contribution in [0.15, 0.2) is 48.5 Å². The zero-order valence-corrected chi connectivity index (χ0v) is 15.6. The summed E-state index contributed by atoms with van der Waals surface area (Å²) >= 11 is 5.68. The van der Waals surface area contributed by atoms with Gasteiger partial charge in [-0.25, -0.2) is 12.8 Å². The quantitative estimate of drug-likeness (QED) is 0.749. The van der Waals surface area contributed by atoms with E-state index < -0.39 is 9.84 Å². The van der Waals surface area contributed by atoms with Gasteiger partial charge in [0.25, 0.3) is 0 Å². The first-order valence-electron chi connectivity index (χ1n) is 8.12. The van der Waals surface area contributed by atoms with E-state index in [0.29, 0.717) is 16.5 Å². The van der Waals surface area contributed by atoms with Crippen molar-refractivity contribution in [1.29, 1.82) is 0 Å². The molecular weight excluding hydrogens is 375 g/mol. The number of sulfone groups is 1. The van der Waals surface area contributed by atoms with Gasteiger partial charge in [-0.3, -0.25) is 0 Å². The fourth-order valence-corrected chi connectivity index (χ4v) is 6.05. The molecule has 0 unspecified atom stereocenters. The lowest BCUT2D eigenvalue weighted by Crippen LogP contribution is -2.37. The molecule has 0 amide bonds. The molecule has 5 nitrogen and oxygen atoms in total. The Balaban J connectivity index is 1.77. The molecule has 2 aliphatic rings. The van der Waals surface area contributed by atoms with Crippen LogP contribution in [0.1, 0.15) is 0 Å². The predicted molar refractivity (Wildman–Crippen MR) is 103 cm³/mol. The number of hydrogen-bond donors (Lipinski definition) is 0. The minimum absolute atomic E-state index is 0.0296. The molecule has 136 valence electrons. The molecule has 2 saturated heterocycles. The maximum atomic E-state index is 13.3. The van der Waals surface area contributed by atoms with Gasteiger partial charge in [-0.15, -0.1) is 0 Å². The van der Waals surface area contributed by atoms with Crippen molar-refractivity contribution >= 4 is 38.5 Å². The number of ether oxygens (including phenoxy) is 1. The third-order valence-corrected chi connectivity index (χ3v) is 6.92. The number of benzene rings is 2. The van der Waals surface area contributed by atoms with Crippen molar-refractivity contribution in [1.82, 2.24) is 0 Å². The SMILES string of the molecule is COc1ccc(N2C(=S)N(c3ccc(F)cc3)[C@@H]3CS(=O)(=O)C[C@@H]32)cc1. The number of methoxy groups -OCH3 is 1. The molecular formula is C18H17FN2O3S2.